The third-order valence-corrected chi connectivity index (χ3v) is 4.03. The first-order chi connectivity index (χ1) is 8.19. The number of hydrogen-bond donors (Lipinski definition) is 0. The van der Waals surface area contributed by atoms with E-state index in [9.17, 15) is 0 Å². The Hall–Kier alpha value is 0.420. The molecule has 0 saturated heterocycles. The molecule has 0 bridgehead atoms. The predicted molar refractivity (Wildman–Crippen MR) is 81.1 cm³/mol. The van der Waals surface area contributed by atoms with Crippen molar-refractivity contribution < 1.29 is 9.47 Å². The second-order valence-corrected chi connectivity index (χ2v) is 5.84. The fourth-order valence-corrected chi connectivity index (χ4v) is 3.18. The lowest BCUT2D eigenvalue weighted by Gasteiger charge is -2.11. The molecule has 0 saturated carbocycles. The lowest BCUT2D eigenvalue weighted by molar-refractivity contribution is 0.184. The summed E-state index contributed by atoms with van der Waals surface area (Å²) in [6, 6.07) is 4.12. The molecule has 0 N–H and O–H groups in total. The predicted octanol–water partition coefficient (Wildman–Crippen LogP) is 4.91. The molecule has 0 spiro atoms. The van der Waals surface area contributed by atoms with Crippen LogP contribution in [0.3, 0.4) is 0 Å². The molecular formula is C12H15Br3O2. The summed E-state index contributed by atoms with van der Waals surface area (Å²) in [5.74, 6) is 0.868. The molecule has 0 aliphatic carbocycles. The summed E-state index contributed by atoms with van der Waals surface area (Å²) in [6.07, 6.45) is 2.01. The summed E-state index contributed by atoms with van der Waals surface area (Å²) in [5, 5.41) is 0.832. The maximum Gasteiger partial charge on any atom is 0.147 e. The van der Waals surface area contributed by atoms with Gasteiger partial charge in [-0.15, -0.1) is 0 Å². The molecule has 1 aromatic carbocycles. The molecule has 0 unspecified atom stereocenters. The largest absolute Gasteiger partial charge is 0.491 e. The van der Waals surface area contributed by atoms with E-state index in [-0.39, 0.29) is 0 Å². The number of alkyl halides is 1. The fraction of sp³-hybridized carbons (Fsp3) is 0.500. The van der Waals surface area contributed by atoms with E-state index >= 15 is 0 Å². The highest BCUT2D eigenvalue weighted by atomic mass is 79.9. The van der Waals surface area contributed by atoms with Crippen LogP contribution in [-0.2, 0) is 10.1 Å². The van der Waals surface area contributed by atoms with Gasteiger partial charge in [0, 0.05) is 19.0 Å². The van der Waals surface area contributed by atoms with Crippen LogP contribution < -0.4 is 4.74 Å². The molecule has 0 heterocycles. The van der Waals surface area contributed by atoms with Crippen molar-refractivity contribution in [2.24, 2.45) is 0 Å². The number of benzene rings is 1. The van der Waals surface area contributed by atoms with Crippen molar-refractivity contribution in [3.63, 3.8) is 0 Å². The number of methoxy groups -OCH3 is 1. The second-order valence-electron chi connectivity index (χ2n) is 3.57. The van der Waals surface area contributed by atoms with Crippen LogP contribution in [0.4, 0.5) is 0 Å². The molecule has 17 heavy (non-hydrogen) atoms. The summed E-state index contributed by atoms with van der Waals surface area (Å²) in [4.78, 5) is 0. The summed E-state index contributed by atoms with van der Waals surface area (Å²) in [5.41, 5.74) is 1.20. The van der Waals surface area contributed by atoms with Crippen molar-refractivity contribution in [3.05, 3.63) is 26.6 Å². The van der Waals surface area contributed by atoms with E-state index < -0.39 is 0 Å². The average Bonchev–Trinajstić information content (AvgIpc) is 2.31. The highest BCUT2D eigenvalue weighted by Gasteiger charge is 2.08. The highest BCUT2D eigenvalue weighted by Crippen LogP contribution is 2.35. The van der Waals surface area contributed by atoms with Gasteiger partial charge in [-0.1, -0.05) is 15.9 Å². The van der Waals surface area contributed by atoms with Gasteiger partial charge in [0.05, 0.1) is 15.6 Å². The van der Waals surface area contributed by atoms with E-state index in [0.717, 1.165) is 39.5 Å². The normalized spacial score (nSPS) is 10.6. The Kier molecular flexibility index (Phi) is 7.75. The van der Waals surface area contributed by atoms with Gasteiger partial charge in [-0.3, -0.25) is 0 Å². The Morgan fingerprint density at radius 1 is 1.06 bits per heavy atom. The molecule has 2 nitrogen and oxygen atoms in total. The van der Waals surface area contributed by atoms with Crippen LogP contribution in [0.5, 0.6) is 5.75 Å². The maximum absolute atomic E-state index is 5.75. The van der Waals surface area contributed by atoms with Gasteiger partial charge >= 0.3 is 0 Å². The molecule has 1 rings (SSSR count). The number of hydrogen-bond acceptors (Lipinski definition) is 2. The molecule has 5 heteroatoms. The van der Waals surface area contributed by atoms with Gasteiger partial charge in [0.1, 0.15) is 5.75 Å². The molecule has 0 aliphatic rings. The van der Waals surface area contributed by atoms with Gasteiger partial charge < -0.3 is 9.47 Å². The van der Waals surface area contributed by atoms with Crippen molar-refractivity contribution in [2.75, 3.05) is 20.3 Å². The monoisotopic (exact) mass is 428 g/mol. The SMILES string of the molecule is COCCCCOc1c(Br)cc(CBr)cc1Br. The zero-order chi connectivity index (χ0) is 12.7. The van der Waals surface area contributed by atoms with Crippen LogP contribution in [-0.4, -0.2) is 20.3 Å². The number of ether oxygens (including phenoxy) is 2. The van der Waals surface area contributed by atoms with Gasteiger partial charge in [-0.2, -0.15) is 0 Å². The first-order valence-corrected chi connectivity index (χ1v) is 8.05. The van der Waals surface area contributed by atoms with E-state index in [1.807, 2.05) is 0 Å². The van der Waals surface area contributed by atoms with Crippen LogP contribution >= 0.6 is 47.8 Å². The van der Waals surface area contributed by atoms with Crippen LogP contribution in [0, 0.1) is 0 Å². The quantitative estimate of drug-likeness (QED) is 0.452. The van der Waals surface area contributed by atoms with E-state index in [4.69, 9.17) is 9.47 Å². The van der Waals surface area contributed by atoms with Crippen LogP contribution in [0.2, 0.25) is 0 Å². The van der Waals surface area contributed by atoms with Crippen LogP contribution in [0.1, 0.15) is 18.4 Å². The van der Waals surface area contributed by atoms with E-state index in [0.29, 0.717) is 6.61 Å². The Labute approximate surface area is 127 Å². The molecule has 0 aliphatic heterocycles. The summed E-state index contributed by atoms with van der Waals surface area (Å²) in [6.45, 7) is 1.49. The minimum atomic E-state index is 0.703. The lowest BCUT2D eigenvalue weighted by Crippen LogP contribution is -2.01. The second kappa shape index (κ2) is 8.51. The molecule has 0 fully saturated rings. The number of unbranched alkanes of at least 4 members (excludes halogenated alkanes) is 1. The van der Waals surface area contributed by atoms with Crippen LogP contribution in [0.25, 0.3) is 0 Å². The van der Waals surface area contributed by atoms with Crippen molar-refractivity contribution in [1.29, 1.82) is 0 Å². The summed E-state index contributed by atoms with van der Waals surface area (Å²) < 4.78 is 12.7. The third kappa shape index (κ3) is 5.28. The van der Waals surface area contributed by atoms with Gasteiger partial charge in [-0.25, -0.2) is 0 Å². The number of rotatable bonds is 7. The Morgan fingerprint density at radius 2 is 1.65 bits per heavy atom. The Morgan fingerprint density at radius 3 is 2.18 bits per heavy atom. The maximum atomic E-state index is 5.75. The molecule has 96 valence electrons. The van der Waals surface area contributed by atoms with Gasteiger partial charge in [0.25, 0.3) is 0 Å². The van der Waals surface area contributed by atoms with Gasteiger partial charge in [0.15, 0.2) is 0 Å². The third-order valence-electron chi connectivity index (χ3n) is 2.20. The summed E-state index contributed by atoms with van der Waals surface area (Å²) in [7, 11) is 1.72. The molecule has 0 aromatic heterocycles. The Bertz CT molecular complexity index is 333. The van der Waals surface area contributed by atoms with E-state index in [2.05, 4.69) is 59.9 Å². The fourth-order valence-electron chi connectivity index (χ4n) is 1.35. The molecular weight excluding hydrogens is 416 g/mol. The Balaban J connectivity index is 2.53. The van der Waals surface area contributed by atoms with Crippen LogP contribution in [0.15, 0.2) is 21.1 Å². The zero-order valence-electron chi connectivity index (χ0n) is 9.64. The topological polar surface area (TPSA) is 18.5 Å². The van der Waals surface area contributed by atoms with Gasteiger partial charge in [-0.05, 0) is 62.4 Å². The number of halogens is 3. The lowest BCUT2D eigenvalue weighted by atomic mass is 10.2. The highest BCUT2D eigenvalue weighted by molar-refractivity contribution is 9.11. The molecule has 0 radical (unpaired) electrons. The van der Waals surface area contributed by atoms with E-state index in [1.54, 1.807) is 7.11 Å². The van der Waals surface area contributed by atoms with Crippen molar-refractivity contribution in [2.45, 2.75) is 18.2 Å². The minimum absolute atomic E-state index is 0.703. The molecule has 0 atom stereocenters. The first kappa shape index (κ1) is 15.5. The first-order valence-electron chi connectivity index (χ1n) is 5.34. The van der Waals surface area contributed by atoms with Crippen molar-refractivity contribution in [3.8, 4) is 5.75 Å². The smallest absolute Gasteiger partial charge is 0.147 e. The summed E-state index contributed by atoms with van der Waals surface area (Å²) >= 11 is 10.5. The minimum Gasteiger partial charge on any atom is -0.491 e. The molecule has 1 aromatic rings. The van der Waals surface area contributed by atoms with E-state index in [1.165, 1.54) is 5.56 Å². The average molecular weight is 431 g/mol. The standard InChI is InChI=1S/C12H15Br3O2/c1-16-4-2-3-5-17-12-10(14)6-9(8-13)7-11(12)15/h6-7H,2-5,8H2,1H3. The van der Waals surface area contributed by atoms with Gasteiger partial charge in [0.2, 0.25) is 0 Å². The molecule has 0 amide bonds. The zero-order valence-corrected chi connectivity index (χ0v) is 14.4. The van der Waals surface area contributed by atoms with Crippen molar-refractivity contribution >= 4 is 47.8 Å². The van der Waals surface area contributed by atoms with Crippen molar-refractivity contribution in [1.82, 2.24) is 0 Å².